The topological polar surface area (TPSA) is 46.9 Å². The van der Waals surface area contributed by atoms with Gasteiger partial charge < -0.3 is 9.88 Å². The minimum absolute atomic E-state index is 0.0634. The van der Waals surface area contributed by atoms with Gasteiger partial charge >= 0.3 is 0 Å². The van der Waals surface area contributed by atoms with E-state index in [0.29, 0.717) is 17.8 Å². The highest BCUT2D eigenvalue weighted by Crippen LogP contribution is 2.28. The Balaban J connectivity index is 2.05. The van der Waals surface area contributed by atoms with Crippen LogP contribution in [0.15, 0.2) is 36.9 Å². The Morgan fingerprint density at radius 2 is 2.14 bits per heavy atom. The number of anilines is 1. The molecule has 0 bridgehead atoms. The van der Waals surface area contributed by atoms with Crippen LogP contribution in [-0.2, 0) is 4.79 Å². The number of rotatable bonds is 4. The molecule has 0 fully saturated rings. The van der Waals surface area contributed by atoms with Gasteiger partial charge in [-0.25, -0.2) is 9.37 Å². The predicted octanol–water partition coefficient (Wildman–Crippen LogP) is 4.02. The van der Waals surface area contributed by atoms with Crippen LogP contribution in [0, 0.1) is 17.2 Å². The van der Waals surface area contributed by atoms with Crippen LogP contribution < -0.4 is 5.32 Å². The Morgan fingerprint density at radius 1 is 1.41 bits per heavy atom. The van der Waals surface area contributed by atoms with Gasteiger partial charge in [-0.15, -0.1) is 0 Å². The molecule has 1 amide bonds. The Labute approximate surface area is 130 Å². The lowest BCUT2D eigenvalue weighted by Gasteiger charge is -2.26. The predicted molar refractivity (Wildman–Crippen MR) is 85.4 cm³/mol. The van der Waals surface area contributed by atoms with Crippen molar-refractivity contribution in [2.24, 2.45) is 11.3 Å². The number of hydrogen-bond donors (Lipinski definition) is 1. The van der Waals surface area contributed by atoms with Crippen molar-refractivity contribution < 1.29 is 9.18 Å². The number of halogens is 1. The summed E-state index contributed by atoms with van der Waals surface area (Å²) in [7, 11) is 0. The summed E-state index contributed by atoms with van der Waals surface area (Å²) in [6, 6.07) is 4.65. The van der Waals surface area contributed by atoms with Crippen molar-refractivity contribution in [1.29, 1.82) is 0 Å². The summed E-state index contributed by atoms with van der Waals surface area (Å²) < 4.78 is 15.7. The third-order valence-electron chi connectivity index (χ3n) is 3.98. The molecule has 0 aliphatic rings. The van der Waals surface area contributed by atoms with Crippen LogP contribution in [0.5, 0.6) is 0 Å². The maximum absolute atomic E-state index is 14.1. The minimum atomic E-state index is -0.403. The zero-order valence-corrected chi connectivity index (χ0v) is 13.4. The van der Waals surface area contributed by atoms with Crippen LogP contribution in [0.1, 0.15) is 34.1 Å². The molecular weight excluding hydrogens is 281 g/mol. The molecular formula is C17H22FN3O. The molecule has 0 aliphatic heterocycles. The van der Waals surface area contributed by atoms with Gasteiger partial charge in [0.2, 0.25) is 5.91 Å². The van der Waals surface area contributed by atoms with Gasteiger partial charge in [-0.1, -0.05) is 27.7 Å². The molecule has 2 aromatic rings. The second kappa shape index (κ2) is 6.30. The van der Waals surface area contributed by atoms with Crippen LogP contribution in [-0.4, -0.2) is 15.5 Å². The van der Waals surface area contributed by atoms with Gasteiger partial charge in [-0.3, -0.25) is 4.79 Å². The lowest BCUT2D eigenvalue weighted by atomic mass is 9.80. The number of aromatic nitrogens is 2. The number of benzene rings is 1. The van der Waals surface area contributed by atoms with E-state index < -0.39 is 5.82 Å². The van der Waals surface area contributed by atoms with Crippen molar-refractivity contribution in [3.63, 3.8) is 0 Å². The number of amides is 1. The molecule has 2 rings (SSSR count). The van der Waals surface area contributed by atoms with E-state index in [1.807, 2.05) is 6.92 Å². The molecule has 22 heavy (non-hydrogen) atoms. The molecule has 1 N–H and O–H groups in total. The third kappa shape index (κ3) is 3.93. The second-order valence-electron chi connectivity index (χ2n) is 6.66. The molecule has 0 radical (unpaired) electrons. The van der Waals surface area contributed by atoms with Crippen molar-refractivity contribution in [3.8, 4) is 5.69 Å². The minimum Gasteiger partial charge on any atom is -0.326 e. The summed E-state index contributed by atoms with van der Waals surface area (Å²) in [6.45, 7) is 8.35. The maximum atomic E-state index is 14.1. The van der Waals surface area contributed by atoms with Gasteiger partial charge in [0.25, 0.3) is 0 Å². The van der Waals surface area contributed by atoms with E-state index in [0.717, 1.165) is 0 Å². The number of nitrogens with zero attached hydrogens (tertiary/aromatic N) is 2. The molecule has 4 nitrogen and oxygen atoms in total. The molecule has 0 saturated carbocycles. The zero-order valence-electron chi connectivity index (χ0n) is 13.4. The maximum Gasteiger partial charge on any atom is 0.224 e. The Hall–Kier alpha value is -2.17. The molecule has 1 aromatic carbocycles. The zero-order chi connectivity index (χ0) is 16.3. The second-order valence-corrected chi connectivity index (χ2v) is 6.66. The smallest absolute Gasteiger partial charge is 0.224 e. The molecule has 5 heteroatoms. The summed E-state index contributed by atoms with van der Waals surface area (Å²) >= 11 is 0. The molecule has 0 spiro atoms. The van der Waals surface area contributed by atoms with Crippen LogP contribution in [0.4, 0.5) is 10.1 Å². The van der Waals surface area contributed by atoms with Gasteiger partial charge in [0, 0.05) is 24.5 Å². The number of carbonyl (C=O) groups is 1. The van der Waals surface area contributed by atoms with Crippen molar-refractivity contribution in [3.05, 3.63) is 42.7 Å². The highest BCUT2D eigenvalue weighted by molar-refractivity contribution is 5.91. The van der Waals surface area contributed by atoms with Gasteiger partial charge in [0.15, 0.2) is 0 Å². The third-order valence-corrected chi connectivity index (χ3v) is 3.98. The fraction of sp³-hybridized carbons (Fsp3) is 0.412. The van der Waals surface area contributed by atoms with Crippen molar-refractivity contribution in [2.45, 2.75) is 34.1 Å². The summed E-state index contributed by atoms with van der Waals surface area (Å²) in [5, 5.41) is 2.75. The van der Waals surface area contributed by atoms with E-state index in [-0.39, 0.29) is 17.2 Å². The number of hydrogen-bond acceptors (Lipinski definition) is 2. The standard InChI is InChI=1S/C17H22FN3O/c1-12(17(2,3)4)9-16(22)20-13-5-6-15(14(18)10-13)21-8-7-19-11-21/h5-8,10-12H,9H2,1-4H3,(H,20,22). The Bertz CT molecular complexity index is 644. The van der Waals surface area contributed by atoms with Crippen LogP contribution in [0.3, 0.4) is 0 Å². The largest absolute Gasteiger partial charge is 0.326 e. The molecule has 0 aliphatic carbocycles. The van der Waals surface area contributed by atoms with Gasteiger partial charge in [0.05, 0.1) is 12.0 Å². The van der Waals surface area contributed by atoms with Gasteiger partial charge in [-0.2, -0.15) is 0 Å². The average Bonchev–Trinajstić information content (AvgIpc) is 2.91. The van der Waals surface area contributed by atoms with Crippen molar-refractivity contribution >= 4 is 11.6 Å². The summed E-state index contributed by atoms with van der Waals surface area (Å²) in [4.78, 5) is 15.9. The lowest BCUT2D eigenvalue weighted by Crippen LogP contribution is -2.24. The Morgan fingerprint density at radius 3 is 2.68 bits per heavy atom. The summed E-state index contributed by atoms with van der Waals surface area (Å²) in [6.07, 6.45) is 5.20. The molecule has 1 unspecified atom stereocenters. The van der Waals surface area contributed by atoms with Crippen molar-refractivity contribution in [1.82, 2.24) is 9.55 Å². The fourth-order valence-corrected chi connectivity index (χ4v) is 1.99. The van der Waals surface area contributed by atoms with E-state index in [1.165, 1.54) is 12.4 Å². The van der Waals surface area contributed by atoms with Crippen LogP contribution in [0.2, 0.25) is 0 Å². The van der Waals surface area contributed by atoms with Crippen LogP contribution in [0.25, 0.3) is 5.69 Å². The van der Waals surface area contributed by atoms with Crippen molar-refractivity contribution in [2.75, 3.05) is 5.32 Å². The first-order valence-corrected chi connectivity index (χ1v) is 7.35. The van der Waals surface area contributed by atoms with E-state index in [9.17, 15) is 9.18 Å². The van der Waals surface area contributed by atoms with Crippen LogP contribution >= 0.6 is 0 Å². The quantitative estimate of drug-likeness (QED) is 0.927. The van der Waals surface area contributed by atoms with Gasteiger partial charge in [-0.05, 0) is 29.5 Å². The summed E-state index contributed by atoms with van der Waals surface area (Å²) in [5.41, 5.74) is 0.930. The molecule has 1 heterocycles. The SMILES string of the molecule is CC(CC(=O)Nc1ccc(-n2ccnc2)c(F)c1)C(C)(C)C. The molecule has 118 valence electrons. The van der Waals surface area contributed by atoms with E-state index in [2.05, 4.69) is 31.1 Å². The first-order valence-electron chi connectivity index (χ1n) is 7.35. The monoisotopic (exact) mass is 303 g/mol. The first-order chi connectivity index (χ1) is 10.3. The number of imidazole rings is 1. The first kappa shape index (κ1) is 16.2. The summed E-state index contributed by atoms with van der Waals surface area (Å²) in [5.74, 6) is -0.264. The molecule has 1 atom stereocenters. The number of carbonyl (C=O) groups excluding carboxylic acids is 1. The van der Waals surface area contributed by atoms with E-state index >= 15 is 0 Å². The number of nitrogens with one attached hydrogen (secondary N) is 1. The lowest BCUT2D eigenvalue weighted by molar-refractivity contribution is -0.117. The molecule has 1 aromatic heterocycles. The normalized spacial score (nSPS) is 13.0. The Kier molecular flexibility index (Phi) is 4.64. The molecule has 0 saturated heterocycles. The van der Waals surface area contributed by atoms with E-state index in [4.69, 9.17) is 0 Å². The average molecular weight is 303 g/mol. The fourth-order valence-electron chi connectivity index (χ4n) is 1.99. The van der Waals surface area contributed by atoms with E-state index in [1.54, 1.807) is 29.1 Å². The highest BCUT2D eigenvalue weighted by atomic mass is 19.1. The highest BCUT2D eigenvalue weighted by Gasteiger charge is 2.22. The van der Waals surface area contributed by atoms with Gasteiger partial charge in [0.1, 0.15) is 5.82 Å².